The van der Waals surface area contributed by atoms with Gasteiger partial charge in [0.15, 0.2) is 5.65 Å². The third-order valence-electron chi connectivity index (χ3n) is 4.71. The van der Waals surface area contributed by atoms with Gasteiger partial charge in [-0.2, -0.15) is 5.10 Å². The molecule has 2 aromatic rings. The maximum absolute atomic E-state index is 12.5. The van der Waals surface area contributed by atoms with Crippen molar-refractivity contribution in [1.29, 1.82) is 0 Å². The quantitative estimate of drug-likeness (QED) is 0.821. The Kier molecular flexibility index (Phi) is 3.20. The number of hydrogen-bond donors (Lipinski definition) is 0. The van der Waals surface area contributed by atoms with E-state index in [1.807, 2.05) is 11.9 Å². The van der Waals surface area contributed by atoms with E-state index in [2.05, 4.69) is 20.0 Å². The molecule has 7 nitrogen and oxygen atoms in total. The SMILES string of the molecule is Cn1ncc2c(N3CC(C(=O)N4CCCCC4)C3)ncnc21. The topological polar surface area (TPSA) is 67.2 Å². The van der Waals surface area contributed by atoms with Crippen molar-refractivity contribution in [2.75, 3.05) is 31.1 Å². The van der Waals surface area contributed by atoms with Gasteiger partial charge in [0.1, 0.15) is 12.1 Å². The lowest BCUT2D eigenvalue weighted by Gasteiger charge is -2.42. The first kappa shape index (κ1) is 13.5. The summed E-state index contributed by atoms with van der Waals surface area (Å²) in [6, 6.07) is 0. The van der Waals surface area contributed by atoms with Gasteiger partial charge in [-0.3, -0.25) is 9.48 Å². The number of anilines is 1. The molecule has 4 rings (SSSR count). The van der Waals surface area contributed by atoms with Gasteiger partial charge in [-0.25, -0.2) is 9.97 Å². The number of amides is 1. The first-order chi connectivity index (χ1) is 10.7. The van der Waals surface area contributed by atoms with Crippen molar-refractivity contribution < 1.29 is 4.79 Å². The van der Waals surface area contributed by atoms with Gasteiger partial charge in [-0.15, -0.1) is 0 Å². The molecule has 0 N–H and O–H groups in total. The van der Waals surface area contributed by atoms with Crippen LogP contribution in [0.25, 0.3) is 11.0 Å². The van der Waals surface area contributed by atoms with Crippen LogP contribution in [-0.4, -0.2) is 56.7 Å². The lowest BCUT2D eigenvalue weighted by Crippen LogP contribution is -2.55. The van der Waals surface area contributed by atoms with Crippen LogP contribution in [0.15, 0.2) is 12.5 Å². The van der Waals surface area contributed by atoms with Crippen LogP contribution >= 0.6 is 0 Å². The Hall–Kier alpha value is -2.18. The maximum atomic E-state index is 12.5. The zero-order valence-corrected chi connectivity index (χ0v) is 12.8. The molecule has 4 heterocycles. The summed E-state index contributed by atoms with van der Waals surface area (Å²) in [6.07, 6.45) is 6.90. The number of nitrogens with zero attached hydrogens (tertiary/aromatic N) is 6. The molecule has 2 fully saturated rings. The molecular weight excluding hydrogens is 280 g/mol. The molecule has 0 bridgehead atoms. The van der Waals surface area contributed by atoms with E-state index in [-0.39, 0.29) is 5.92 Å². The second-order valence-electron chi connectivity index (χ2n) is 6.19. The van der Waals surface area contributed by atoms with Gasteiger partial charge in [0.25, 0.3) is 0 Å². The molecule has 2 aromatic heterocycles. The molecule has 0 atom stereocenters. The van der Waals surface area contributed by atoms with E-state index in [4.69, 9.17) is 0 Å². The molecule has 0 radical (unpaired) electrons. The second-order valence-corrected chi connectivity index (χ2v) is 6.19. The third kappa shape index (κ3) is 2.12. The number of rotatable bonds is 2. The first-order valence-corrected chi connectivity index (χ1v) is 7.90. The predicted molar refractivity (Wildman–Crippen MR) is 82.4 cm³/mol. The summed E-state index contributed by atoms with van der Waals surface area (Å²) in [6.45, 7) is 3.35. The van der Waals surface area contributed by atoms with Gasteiger partial charge in [0, 0.05) is 33.2 Å². The van der Waals surface area contributed by atoms with Crippen LogP contribution in [0.4, 0.5) is 5.82 Å². The van der Waals surface area contributed by atoms with E-state index < -0.39 is 0 Å². The largest absolute Gasteiger partial charge is 0.354 e. The minimum absolute atomic E-state index is 0.111. The van der Waals surface area contributed by atoms with Crippen molar-refractivity contribution in [1.82, 2.24) is 24.6 Å². The molecule has 7 heteroatoms. The number of likely N-dealkylation sites (tertiary alicyclic amines) is 1. The molecule has 0 aromatic carbocycles. The average molecular weight is 300 g/mol. The van der Waals surface area contributed by atoms with E-state index in [0.29, 0.717) is 5.91 Å². The number of aromatic nitrogens is 4. The maximum Gasteiger partial charge on any atom is 0.229 e. The van der Waals surface area contributed by atoms with Crippen molar-refractivity contribution in [2.24, 2.45) is 13.0 Å². The fourth-order valence-corrected chi connectivity index (χ4v) is 3.38. The Morgan fingerprint density at radius 1 is 1.18 bits per heavy atom. The van der Waals surface area contributed by atoms with Gasteiger partial charge >= 0.3 is 0 Å². The minimum atomic E-state index is 0.111. The first-order valence-electron chi connectivity index (χ1n) is 7.90. The summed E-state index contributed by atoms with van der Waals surface area (Å²) in [7, 11) is 1.87. The Balaban J connectivity index is 1.47. The van der Waals surface area contributed by atoms with Crippen LogP contribution in [-0.2, 0) is 11.8 Å². The highest BCUT2D eigenvalue weighted by atomic mass is 16.2. The van der Waals surface area contributed by atoms with Crippen molar-refractivity contribution in [3.63, 3.8) is 0 Å². The lowest BCUT2D eigenvalue weighted by molar-refractivity contribution is -0.137. The molecule has 0 spiro atoms. The molecule has 2 saturated heterocycles. The molecule has 0 unspecified atom stereocenters. The number of fused-ring (bicyclic) bond motifs is 1. The zero-order valence-electron chi connectivity index (χ0n) is 12.8. The summed E-state index contributed by atoms with van der Waals surface area (Å²) in [4.78, 5) is 25.3. The summed E-state index contributed by atoms with van der Waals surface area (Å²) in [5, 5.41) is 5.19. The molecule has 1 amide bonds. The summed E-state index contributed by atoms with van der Waals surface area (Å²) in [5.41, 5.74) is 0.829. The summed E-state index contributed by atoms with van der Waals surface area (Å²) >= 11 is 0. The normalized spacial score (nSPS) is 19.5. The molecular formula is C15H20N6O. The standard InChI is InChI=1S/C15H20N6O/c1-19-13-12(7-18-19)14(17-10-16-13)21-8-11(9-21)15(22)20-5-3-2-4-6-20/h7,10-11H,2-6,8-9H2,1H3. The smallest absolute Gasteiger partial charge is 0.229 e. The van der Waals surface area contributed by atoms with Gasteiger partial charge < -0.3 is 9.80 Å². The predicted octanol–water partition coefficient (Wildman–Crippen LogP) is 0.812. The van der Waals surface area contributed by atoms with Crippen molar-refractivity contribution in [2.45, 2.75) is 19.3 Å². The van der Waals surface area contributed by atoms with Crippen LogP contribution < -0.4 is 4.90 Å². The molecule has 2 aliphatic rings. The highest BCUT2D eigenvalue weighted by Crippen LogP contribution is 2.29. The van der Waals surface area contributed by atoms with Crippen molar-refractivity contribution in [3.05, 3.63) is 12.5 Å². The monoisotopic (exact) mass is 300 g/mol. The molecule has 22 heavy (non-hydrogen) atoms. The highest BCUT2D eigenvalue weighted by Gasteiger charge is 2.37. The third-order valence-corrected chi connectivity index (χ3v) is 4.71. The molecule has 0 saturated carbocycles. The van der Waals surface area contributed by atoms with Gasteiger partial charge in [0.2, 0.25) is 5.91 Å². The Labute approximate surface area is 128 Å². The average Bonchev–Trinajstić information content (AvgIpc) is 2.89. The number of piperidine rings is 1. The number of carbonyl (C=O) groups excluding carboxylic acids is 1. The van der Waals surface area contributed by atoms with Gasteiger partial charge in [-0.1, -0.05) is 0 Å². The summed E-state index contributed by atoms with van der Waals surface area (Å²) < 4.78 is 1.75. The second kappa shape index (κ2) is 5.23. The lowest BCUT2D eigenvalue weighted by atomic mass is 9.97. The van der Waals surface area contributed by atoms with Crippen LogP contribution in [0.3, 0.4) is 0 Å². The van der Waals surface area contributed by atoms with Crippen molar-refractivity contribution >= 4 is 22.8 Å². The number of hydrogen-bond acceptors (Lipinski definition) is 5. The number of carbonyl (C=O) groups is 1. The molecule has 116 valence electrons. The van der Waals surface area contributed by atoms with Gasteiger partial charge in [0.05, 0.1) is 17.5 Å². The Bertz CT molecular complexity index is 699. The zero-order chi connectivity index (χ0) is 15.1. The van der Waals surface area contributed by atoms with Crippen LogP contribution in [0.2, 0.25) is 0 Å². The van der Waals surface area contributed by atoms with Crippen LogP contribution in [0.1, 0.15) is 19.3 Å². The summed E-state index contributed by atoms with van der Waals surface area (Å²) in [5.74, 6) is 1.31. The fourth-order valence-electron chi connectivity index (χ4n) is 3.38. The van der Waals surface area contributed by atoms with Crippen molar-refractivity contribution in [3.8, 4) is 0 Å². The van der Waals surface area contributed by atoms with Crippen LogP contribution in [0, 0.1) is 5.92 Å². The molecule has 0 aliphatic carbocycles. The van der Waals surface area contributed by atoms with Crippen LogP contribution in [0.5, 0.6) is 0 Å². The fraction of sp³-hybridized carbons (Fsp3) is 0.600. The van der Waals surface area contributed by atoms with E-state index in [1.54, 1.807) is 17.2 Å². The molecule has 2 aliphatic heterocycles. The van der Waals surface area contributed by atoms with E-state index >= 15 is 0 Å². The van der Waals surface area contributed by atoms with E-state index in [0.717, 1.165) is 55.9 Å². The number of aryl methyl sites for hydroxylation is 1. The van der Waals surface area contributed by atoms with Gasteiger partial charge in [-0.05, 0) is 19.3 Å². The Morgan fingerprint density at radius 3 is 2.73 bits per heavy atom. The van der Waals surface area contributed by atoms with E-state index in [9.17, 15) is 4.79 Å². The highest BCUT2D eigenvalue weighted by molar-refractivity contribution is 5.89. The Morgan fingerprint density at radius 2 is 1.95 bits per heavy atom. The van der Waals surface area contributed by atoms with E-state index in [1.165, 1.54) is 6.42 Å². The minimum Gasteiger partial charge on any atom is -0.354 e.